The van der Waals surface area contributed by atoms with E-state index in [0.29, 0.717) is 12.2 Å². The first kappa shape index (κ1) is 12.0. The molecule has 1 aliphatic rings. The van der Waals surface area contributed by atoms with Gasteiger partial charge in [0.15, 0.2) is 5.82 Å². The number of aliphatic carboxylic acids is 1. The molecular weight excluding hydrogens is 224 g/mol. The van der Waals surface area contributed by atoms with Gasteiger partial charge in [0, 0.05) is 13.0 Å². The van der Waals surface area contributed by atoms with Gasteiger partial charge in [-0.1, -0.05) is 0 Å². The minimum Gasteiger partial charge on any atom is -0.480 e. The summed E-state index contributed by atoms with van der Waals surface area (Å²) in [6, 6.07) is 0. The lowest BCUT2D eigenvalue weighted by molar-refractivity contribution is -0.138. The Morgan fingerprint density at radius 3 is 3.12 bits per heavy atom. The van der Waals surface area contributed by atoms with Crippen molar-refractivity contribution in [3.05, 3.63) is 5.82 Å². The van der Waals surface area contributed by atoms with Gasteiger partial charge < -0.3 is 9.84 Å². The van der Waals surface area contributed by atoms with Crippen molar-refractivity contribution < 1.29 is 14.6 Å². The number of carboxylic acids is 1. The van der Waals surface area contributed by atoms with Crippen molar-refractivity contribution >= 4 is 5.97 Å². The molecule has 1 aromatic rings. The molecule has 1 fully saturated rings. The van der Waals surface area contributed by atoms with Crippen molar-refractivity contribution in [3.8, 4) is 0 Å². The van der Waals surface area contributed by atoms with E-state index in [1.807, 2.05) is 0 Å². The molecular formula is C10H16N4O3. The Morgan fingerprint density at radius 1 is 1.53 bits per heavy atom. The van der Waals surface area contributed by atoms with Crippen LogP contribution in [-0.4, -0.2) is 44.0 Å². The first-order valence-corrected chi connectivity index (χ1v) is 5.84. The third-order valence-electron chi connectivity index (χ3n) is 2.86. The van der Waals surface area contributed by atoms with Crippen molar-refractivity contribution in [1.82, 2.24) is 20.2 Å². The highest BCUT2D eigenvalue weighted by Gasteiger charge is 2.16. The maximum absolute atomic E-state index is 10.6. The van der Waals surface area contributed by atoms with Crippen LogP contribution < -0.4 is 0 Å². The van der Waals surface area contributed by atoms with Gasteiger partial charge in [-0.25, -0.2) is 4.68 Å². The first-order chi connectivity index (χ1) is 8.25. The second kappa shape index (κ2) is 5.72. The van der Waals surface area contributed by atoms with E-state index in [9.17, 15) is 4.79 Å². The number of carbonyl (C=O) groups is 1. The normalized spacial score (nSPS) is 20.4. The van der Waals surface area contributed by atoms with Crippen molar-refractivity contribution in [3.63, 3.8) is 0 Å². The molecule has 0 saturated carbocycles. The number of nitrogens with zero attached hydrogens (tertiary/aromatic N) is 4. The van der Waals surface area contributed by atoms with Crippen LogP contribution in [-0.2, 0) is 22.5 Å². The molecule has 7 nitrogen and oxygen atoms in total. The van der Waals surface area contributed by atoms with Gasteiger partial charge >= 0.3 is 5.97 Å². The van der Waals surface area contributed by atoms with Gasteiger partial charge in [-0.05, 0) is 36.1 Å². The maximum Gasteiger partial charge on any atom is 0.325 e. The van der Waals surface area contributed by atoms with E-state index in [4.69, 9.17) is 9.84 Å². The number of hydrogen-bond acceptors (Lipinski definition) is 5. The van der Waals surface area contributed by atoms with Gasteiger partial charge in [0.25, 0.3) is 0 Å². The lowest BCUT2D eigenvalue weighted by Crippen LogP contribution is -2.21. The van der Waals surface area contributed by atoms with Gasteiger partial charge in [0.2, 0.25) is 0 Å². The predicted octanol–water partition coefficient (Wildman–Crippen LogP) is 0.259. The summed E-state index contributed by atoms with van der Waals surface area (Å²) in [6.07, 6.45) is 5.17. The maximum atomic E-state index is 10.6. The Labute approximate surface area is 98.8 Å². The molecule has 1 atom stereocenters. The highest BCUT2D eigenvalue weighted by Crippen LogP contribution is 2.17. The fraction of sp³-hybridized carbons (Fsp3) is 0.800. The highest BCUT2D eigenvalue weighted by molar-refractivity contribution is 5.66. The van der Waals surface area contributed by atoms with Crippen LogP contribution in [0.3, 0.4) is 0 Å². The number of hydrogen-bond donors (Lipinski definition) is 1. The lowest BCUT2D eigenvalue weighted by atomic mass is 10.0. The molecule has 1 unspecified atom stereocenters. The van der Waals surface area contributed by atoms with E-state index in [-0.39, 0.29) is 12.6 Å². The smallest absolute Gasteiger partial charge is 0.325 e. The van der Waals surface area contributed by atoms with E-state index < -0.39 is 5.97 Å². The number of rotatable bonds is 5. The Kier molecular flexibility index (Phi) is 4.03. The molecule has 1 saturated heterocycles. The Hall–Kier alpha value is -1.50. The van der Waals surface area contributed by atoms with Gasteiger partial charge in [-0.2, -0.15) is 0 Å². The zero-order chi connectivity index (χ0) is 12.1. The molecule has 0 amide bonds. The van der Waals surface area contributed by atoms with E-state index in [0.717, 1.165) is 25.9 Å². The highest BCUT2D eigenvalue weighted by atomic mass is 16.5. The Balaban J connectivity index is 1.85. The Bertz CT molecular complexity index is 373. The monoisotopic (exact) mass is 240 g/mol. The number of aromatic nitrogens is 4. The molecule has 7 heteroatoms. The third-order valence-corrected chi connectivity index (χ3v) is 2.86. The van der Waals surface area contributed by atoms with Crippen LogP contribution in [0.5, 0.6) is 0 Å². The molecule has 2 heterocycles. The topological polar surface area (TPSA) is 90.1 Å². The largest absolute Gasteiger partial charge is 0.480 e. The average molecular weight is 240 g/mol. The molecule has 0 aliphatic carbocycles. The van der Waals surface area contributed by atoms with Crippen LogP contribution in [0.15, 0.2) is 0 Å². The molecule has 1 aromatic heterocycles. The second-order valence-electron chi connectivity index (χ2n) is 4.17. The summed E-state index contributed by atoms with van der Waals surface area (Å²) in [6.45, 7) is 0.637. The van der Waals surface area contributed by atoms with Crippen LogP contribution >= 0.6 is 0 Å². The van der Waals surface area contributed by atoms with Crippen LogP contribution in [0.1, 0.15) is 31.5 Å². The average Bonchev–Trinajstić information content (AvgIpc) is 2.74. The summed E-state index contributed by atoms with van der Waals surface area (Å²) in [5.41, 5.74) is 0. The van der Waals surface area contributed by atoms with E-state index in [1.165, 1.54) is 11.1 Å². The molecule has 0 aromatic carbocycles. The van der Waals surface area contributed by atoms with Crippen LogP contribution in [0.2, 0.25) is 0 Å². The molecule has 0 bridgehead atoms. The summed E-state index contributed by atoms with van der Waals surface area (Å²) < 4.78 is 6.93. The van der Waals surface area contributed by atoms with Crippen LogP contribution in [0.25, 0.3) is 0 Å². The van der Waals surface area contributed by atoms with Gasteiger partial charge in [0.05, 0.1) is 6.10 Å². The van der Waals surface area contributed by atoms with Crippen LogP contribution in [0.4, 0.5) is 0 Å². The summed E-state index contributed by atoms with van der Waals surface area (Å²) >= 11 is 0. The van der Waals surface area contributed by atoms with E-state index in [2.05, 4.69) is 15.5 Å². The lowest BCUT2D eigenvalue weighted by Gasteiger charge is -2.22. The quantitative estimate of drug-likeness (QED) is 0.794. The van der Waals surface area contributed by atoms with E-state index in [1.54, 1.807) is 0 Å². The summed E-state index contributed by atoms with van der Waals surface area (Å²) in [7, 11) is 0. The molecule has 1 N–H and O–H groups in total. The van der Waals surface area contributed by atoms with Crippen molar-refractivity contribution in [1.29, 1.82) is 0 Å². The minimum absolute atomic E-state index is 0.187. The molecule has 94 valence electrons. The van der Waals surface area contributed by atoms with Gasteiger partial charge in [-0.15, -0.1) is 5.10 Å². The summed E-state index contributed by atoms with van der Waals surface area (Å²) in [4.78, 5) is 10.6. The van der Waals surface area contributed by atoms with Crippen molar-refractivity contribution in [2.75, 3.05) is 6.61 Å². The number of ether oxygens (including phenoxy) is 1. The molecule has 1 aliphatic heterocycles. The third kappa shape index (κ3) is 3.48. The summed E-state index contributed by atoms with van der Waals surface area (Å²) in [5.74, 6) is -0.325. The fourth-order valence-electron chi connectivity index (χ4n) is 1.98. The van der Waals surface area contributed by atoms with Crippen LogP contribution in [0, 0.1) is 0 Å². The molecule has 17 heavy (non-hydrogen) atoms. The first-order valence-electron chi connectivity index (χ1n) is 5.84. The van der Waals surface area contributed by atoms with Gasteiger partial charge in [-0.3, -0.25) is 4.79 Å². The predicted molar refractivity (Wildman–Crippen MR) is 57.4 cm³/mol. The summed E-state index contributed by atoms with van der Waals surface area (Å²) in [5, 5.41) is 19.7. The van der Waals surface area contributed by atoms with E-state index >= 15 is 0 Å². The van der Waals surface area contributed by atoms with Crippen molar-refractivity contribution in [2.24, 2.45) is 0 Å². The minimum atomic E-state index is -0.938. The van der Waals surface area contributed by atoms with Gasteiger partial charge in [0.1, 0.15) is 6.54 Å². The zero-order valence-corrected chi connectivity index (χ0v) is 9.58. The molecule has 0 spiro atoms. The fourth-order valence-corrected chi connectivity index (χ4v) is 1.98. The molecule has 2 rings (SSSR count). The number of aryl methyl sites for hydroxylation is 1. The SMILES string of the molecule is O=C(O)Cn1nnnc1CCC1CCCCO1. The standard InChI is InChI=1S/C10H16N4O3/c15-10(16)7-14-9(11-12-13-14)5-4-8-3-1-2-6-17-8/h8H,1-7H2,(H,15,16). The second-order valence-corrected chi connectivity index (χ2v) is 4.17. The molecule has 0 radical (unpaired) electrons. The number of carboxylic acid groups (broad SMARTS) is 1. The Morgan fingerprint density at radius 2 is 2.41 bits per heavy atom. The number of tetrazole rings is 1. The zero-order valence-electron chi connectivity index (χ0n) is 9.58. The van der Waals surface area contributed by atoms with Crippen molar-refractivity contribution in [2.45, 2.75) is 44.8 Å².